The summed E-state index contributed by atoms with van der Waals surface area (Å²) in [6.07, 6.45) is 0. The molecular formula is C31H39N5O8S2. The van der Waals surface area contributed by atoms with Gasteiger partial charge in [0.25, 0.3) is 0 Å². The summed E-state index contributed by atoms with van der Waals surface area (Å²) in [7, 11) is 3.26. The average Bonchev–Trinajstić information content (AvgIpc) is 3.42. The SMILES string of the molecule is COc1ccc(C2COCCOC2)c2sc(N)nc12.COc1ccc(C2COCCOC2)c2sc(NC(=O)N3CCOCC3)nc12. The molecule has 7 rings (SSSR count). The van der Waals surface area contributed by atoms with Crippen LogP contribution in [0.15, 0.2) is 24.3 Å². The number of hydrogen-bond acceptors (Lipinski definition) is 13. The van der Waals surface area contributed by atoms with Gasteiger partial charge in [0.1, 0.15) is 22.5 Å². The molecule has 2 aromatic carbocycles. The van der Waals surface area contributed by atoms with E-state index in [2.05, 4.69) is 21.4 Å². The van der Waals surface area contributed by atoms with Gasteiger partial charge in [-0.3, -0.25) is 5.32 Å². The molecule has 0 radical (unpaired) electrons. The van der Waals surface area contributed by atoms with Crippen molar-refractivity contribution in [2.24, 2.45) is 0 Å². The number of rotatable bonds is 5. The number of carbonyl (C=O) groups is 1. The number of thiazole rings is 2. The zero-order valence-electron chi connectivity index (χ0n) is 26.0. The van der Waals surface area contributed by atoms with Crippen molar-refractivity contribution >= 4 is 59.4 Å². The summed E-state index contributed by atoms with van der Waals surface area (Å²) in [6.45, 7) is 7.37. The third-order valence-electron chi connectivity index (χ3n) is 7.94. The molecule has 46 heavy (non-hydrogen) atoms. The van der Waals surface area contributed by atoms with Crippen LogP contribution in [0.3, 0.4) is 0 Å². The standard InChI is InChI=1S/C18H23N3O5S.C13H16N2O3S/c1-23-14-3-2-13(12-10-25-8-9-26-11-12)16-15(14)19-17(27-16)20-18(22)21-4-6-24-7-5-21;1-16-10-3-2-9(8-6-17-4-5-18-7-8)12-11(10)15-13(14)19-12/h2-3,12H,4-11H2,1H3,(H,19,20,22);2-3,8H,4-7H2,1H3,(H2,14,15). The summed E-state index contributed by atoms with van der Waals surface area (Å²) in [5.41, 5.74) is 9.69. The summed E-state index contributed by atoms with van der Waals surface area (Å²) < 4.78 is 40.6. The molecule has 5 heterocycles. The molecule has 3 N–H and O–H groups in total. The Morgan fingerprint density at radius 3 is 1.78 bits per heavy atom. The van der Waals surface area contributed by atoms with Crippen LogP contribution in [0.2, 0.25) is 0 Å². The molecule has 3 aliphatic heterocycles. The molecule has 248 valence electrons. The number of aromatic nitrogens is 2. The Kier molecular flexibility index (Phi) is 11.0. The summed E-state index contributed by atoms with van der Waals surface area (Å²) in [5, 5.41) is 4.03. The fourth-order valence-corrected chi connectivity index (χ4v) is 7.58. The van der Waals surface area contributed by atoms with E-state index in [1.54, 1.807) is 19.1 Å². The number of urea groups is 1. The molecule has 3 saturated heterocycles. The van der Waals surface area contributed by atoms with Crippen LogP contribution in [0.1, 0.15) is 23.0 Å². The first-order chi connectivity index (χ1) is 22.6. The quantitative estimate of drug-likeness (QED) is 0.312. The lowest BCUT2D eigenvalue weighted by atomic mass is 10.0. The summed E-state index contributed by atoms with van der Waals surface area (Å²) in [4.78, 5) is 23.2. The fraction of sp³-hybridized carbons (Fsp3) is 0.516. The predicted octanol–water partition coefficient (Wildman–Crippen LogP) is 4.32. The number of amides is 2. The van der Waals surface area contributed by atoms with Crippen molar-refractivity contribution in [3.8, 4) is 11.5 Å². The van der Waals surface area contributed by atoms with Gasteiger partial charge >= 0.3 is 6.03 Å². The van der Waals surface area contributed by atoms with Gasteiger partial charge in [0.15, 0.2) is 10.3 Å². The van der Waals surface area contributed by atoms with Crippen LogP contribution in [-0.4, -0.2) is 114 Å². The van der Waals surface area contributed by atoms with Gasteiger partial charge < -0.3 is 43.8 Å². The van der Waals surface area contributed by atoms with Crippen molar-refractivity contribution in [3.05, 3.63) is 35.4 Å². The molecule has 15 heteroatoms. The van der Waals surface area contributed by atoms with Crippen LogP contribution in [0.5, 0.6) is 11.5 Å². The second-order valence-corrected chi connectivity index (χ2v) is 12.9. The van der Waals surface area contributed by atoms with Crippen molar-refractivity contribution in [2.45, 2.75) is 11.8 Å². The number of ether oxygens (including phenoxy) is 7. The number of nitrogen functional groups attached to an aromatic ring is 1. The van der Waals surface area contributed by atoms with Gasteiger partial charge in [0.2, 0.25) is 0 Å². The van der Waals surface area contributed by atoms with Crippen LogP contribution in [0.25, 0.3) is 20.4 Å². The first-order valence-corrected chi connectivity index (χ1v) is 16.8. The summed E-state index contributed by atoms with van der Waals surface area (Å²) >= 11 is 2.94. The van der Waals surface area contributed by atoms with Crippen molar-refractivity contribution in [2.75, 3.05) is 104 Å². The fourth-order valence-electron chi connectivity index (χ4n) is 5.58. The molecule has 2 amide bonds. The highest BCUT2D eigenvalue weighted by Crippen LogP contribution is 2.39. The highest BCUT2D eigenvalue weighted by Gasteiger charge is 2.24. The van der Waals surface area contributed by atoms with E-state index in [0.717, 1.165) is 31.7 Å². The van der Waals surface area contributed by atoms with Crippen LogP contribution in [-0.2, 0) is 23.7 Å². The van der Waals surface area contributed by atoms with E-state index in [1.807, 2.05) is 18.2 Å². The number of benzene rings is 2. The van der Waals surface area contributed by atoms with Crippen LogP contribution in [0, 0.1) is 0 Å². The maximum Gasteiger partial charge on any atom is 0.323 e. The molecule has 0 spiro atoms. The lowest BCUT2D eigenvalue weighted by Gasteiger charge is -2.26. The van der Waals surface area contributed by atoms with Crippen molar-refractivity contribution in [1.82, 2.24) is 14.9 Å². The molecule has 0 bridgehead atoms. The molecule has 4 aromatic rings. The normalized spacial score (nSPS) is 18.4. The smallest absolute Gasteiger partial charge is 0.323 e. The molecule has 2 aromatic heterocycles. The molecule has 0 unspecified atom stereocenters. The zero-order chi connectivity index (χ0) is 31.9. The minimum atomic E-state index is -0.154. The van der Waals surface area contributed by atoms with E-state index in [-0.39, 0.29) is 17.9 Å². The van der Waals surface area contributed by atoms with E-state index in [9.17, 15) is 4.79 Å². The number of carbonyl (C=O) groups excluding carboxylic acids is 1. The zero-order valence-corrected chi connectivity index (χ0v) is 27.6. The number of morpholine rings is 1. The van der Waals surface area contributed by atoms with E-state index >= 15 is 0 Å². The maximum atomic E-state index is 12.5. The summed E-state index contributed by atoms with van der Waals surface area (Å²) in [6, 6.07) is 7.79. The number of nitrogens with one attached hydrogen (secondary N) is 1. The monoisotopic (exact) mass is 673 g/mol. The maximum absolute atomic E-state index is 12.5. The highest BCUT2D eigenvalue weighted by molar-refractivity contribution is 7.22. The largest absolute Gasteiger partial charge is 0.494 e. The molecule has 0 aliphatic carbocycles. The third-order valence-corrected chi connectivity index (χ3v) is 9.90. The van der Waals surface area contributed by atoms with E-state index in [4.69, 9.17) is 38.9 Å². The van der Waals surface area contributed by atoms with Crippen LogP contribution in [0.4, 0.5) is 15.1 Å². The lowest BCUT2D eigenvalue weighted by Crippen LogP contribution is -2.43. The third kappa shape index (κ3) is 7.46. The Morgan fingerprint density at radius 2 is 1.26 bits per heavy atom. The topological polar surface area (TPSA) is 149 Å². The van der Waals surface area contributed by atoms with Crippen molar-refractivity contribution < 1.29 is 38.0 Å². The summed E-state index contributed by atoms with van der Waals surface area (Å²) in [5.74, 6) is 1.79. The molecule has 13 nitrogen and oxygen atoms in total. The van der Waals surface area contributed by atoms with Crippen molar-refractivity contribution in [3.63, 3.8) is 0 Å². The van der Waals surface area contributed by atoms with E-state index in [0.29, 0.717) is 95.2 Å². The number of fused-ring (bicyclic) bond motifs is 2. The second kappa shape index (κ2) is 15.5. The Labute approximate surface area is 274 Å². The minimum Gasteiger partial charge on any atom is -0.494 e. The van der Waals surface area contributed by atoms with Gasteiger partial charge in [0.05, 0.1) is 89.7 Å². The Bertz CT molecular complexity index is 1610. The van der Waals surface area contributed by atoms with Crippen molar-refractivity contribution in [1.29, 1.82) is 0 Å². The second-order valence-electron chi connectivity index (χ2n) is 10.9. The molecule has 3 fully saturated rings. The lowest BCUT2D eigenvalue weighted by molar-refractivity contribution is 0.0564. The Morgan fingerprint density at radius 1 is 0.761 bits per heavy atom. The highest BCUT2D eigenvalue weighted by atomic mass is 32.1. The van der Waals surface area contributed by atoms with Gasteiger partial charge in [-0.15, -0.1) is 0 Å². The number of methoxy groups -OCH3 is 2. The van der Waals surface area contributed by atoms with Gasteiger partial charge in [0, 0.05) is 24.9 Å². The number of hydrogen-bond donors (Lipinski definition) is 2. The average molecular weight is 674 g/mol. The van der Waals surface area contributed by atoms with Gasteiger partial charge in [-0.25, -0.2) is 14.8 Å². The minimum absolute atomic E-state index is 0.129. The van der Waals surface area contributed by atoms with Gasteiger partial charge in [-0.1, -0.05) is 34.8 Å². The van der Waals surface area contributed by atoms with Crippen LogP contribution < -0.4 is 20.5 Å². The van der Waals surface area contributed by atoms with E-state index < -0.39 is 0 Å². The molecule has 0 saturated carbocycles. The first-order valence-electron chi connectivity index (χ1n) is 15.2. The number of nitrogens with two attached hydrogens (primary N) is 1. The Balaban J connectivity index is 0.000000172. The van der Waals surface area contributed by atoms with Gasteiger partial charge in [-0.05, 0) is 23.3 Å². The van der Waals surface area contributed by atoms with Gasteiger partial charge in [-0.2, -0.15) is 0 Å². The number of nitrogens with zero attached hydrogens (tertiary/aromatic N) is 3. The first kappa shape index (κ1) is 32.6. The molecule has 3 aliphatic rings. The molecule has 0 atom stereocenters. The van der Waals surface area contributed by atoms with E-state index in [1.165, 1.54) is 28.2 Å². The van der Waals surface area contributed by atoms with Crippen LogP contribution >= 0.6 is 22.7 Å². The number of anilines is 2. The predicted molar refractivity (Wildman–Crippen MR) is 177 cm³/mol. The molecular weight excluding hydrogens is 635 g/mol. The Hall–Kier alpha value is -3.31.